The monoisotopic (exact) mass is 288 g/mol. The topological polar surface area (TPSA) is 64.7 Å². The molecule has 3 rings (SSSR count). The zero-order chi connectivity index (χ0) is 12.5. The molecule has 6 nitrogen and oxygen atoms in total. The molecule has 7 heteroatoms. The second kappa shape index (κ2) is 5.96. The van der Waals surface area contributed by atoms with E-state index in [1.54, 1.807) is 0 Å². The highest BCUT2D eigenvalue weighted by Gasteiger charge is 2.38. The molecule has 2 N–H and O–H groups in total. The van der Waals surface area contributed by atoms with Gasteiger partial charge in [0.2, 0.25) is 5.91 Å². The van der Waals surface area contributed by atoms with Crippen LogP contribution in [0.4, 0.5) is 4.79 Å². The van der Waals surface area contributed by atoms with Crippen molar-refractivity contribution in [1.82, 2.24) is 20.4 Å². The Hall–Kier alpha value is -1.01. The van der Waals surface area contributed by atoms with Gasteiger partial charge in [0.05, 0.1) is 12.1 Å². The summed E-state index contributed by atoms with van der Waals surface area (Å²) < 4.78 is 0. The summed E-state index contributed by atoms with van der Waals surface area (Å²) in [5.41, 5.74) is 0. The Morgan fingerprint density at radius 1 is 1.26 bits per heavy atom. The van der Waals surface area contributed by atoms with E-state index in [1.807, 2.05) is 9.80 Å². The molecule has 0 aliphatic carbocycles. The van der Waals surface area contributed by atoms with Gasteiger partial charge in [-0.1, -0.05) is 6.42 Å². The minimum Gasteiger partial charge on any atom is -0.337 e. The quantitative estimate of drug-likeness (QED) is 0.702. The maximum atomic E-state index is 12.4. The molecular formula is C12H21ClN4O2. The Morgan fingerprint density at radius 3 is 2.84 bits per heavy atom. The number of urea groups is 1. The van der Waals surface area contributed by atoms with Crippen molar-refractivity contribution < 1.29 is 9.59 Å². The van der Waals surface area contributed by atoms with E-state index in [9.17, 15) is 9.59 Å². The number of halogens is 1. The number of piperidine rings is 1. The van der Waals surface area contributed by atoms with E-state index in [0.29, 0.717) is 26.2 Å². The predicted octanol–water partition coefficient (Wildman–Crippen LogP) is -0.214. The van der Waals surface area contributed by atoms with Gasteiger partial charge in [-0.2, -0.15) is 0 Å². The van der Waals surface area contributed by atoms with Gasteiger partial charge in [-0.3, -0.25) is 4.79 Å². The van der Waals surface area contributed by atoms with E-state index >= 15 is 0 Å². The van der Waals surface area contributed by atoms with E-state index in [2.05, 4.69) is 10.6 Å². The summed E-state index contributed by atoms with van der Waals surface area (Å²) >= 11 is 0. The van der Waals surface area contributed by atoms with Gasteiger partial charge < -0.3 is 20.4 Å². The number of carbonyl (C=O) groups excluding carboxylic acids is 2. The van der Waals surface area contributed by atoms with Crippen LogP contribution < -0.4 is 10.6 Å². The molecule has 0 bridgehead atoms. The van der Waals surface area contributed by atoms with E-state index in [-0.39, 0.29) is 36.4 Å². The van der Waals surface area contributed by atoms with Crippen LogP contribution in [0.5, 0.6) is 0 Å². The van der Waals surface area contributed by atoms with Crippen molar-refractivity contribution in [3.8, 4) is 0 Å². The smallest absolute Gasteiger partial charge is 0.317 e. The van der Waals surface area contributed by atoms with Crippen LogP contribution in [0, 0.1) is 0 Å². The number of nitrogens with one attached hydrogen (secondary N) is 2. The minimum atomic E-state index is -0.00429. The second-order valence-electron chi connectivity index (χ2n) is 5.32. The number of amides is 3. The zero-order valence-electron chi connectivity index (χ0n) is 10.9. The van der Waals surface area contributed by atoms with Crippen LogP contribution >= 0.6 is 12.4 Å². The van der Waals surface area contributed by atoms with Crippen LogP contribution in [0.2, 0.25) is 0 Å². The Morgan fingerprint density at radius 2 is 2.11 bits per heavy atom. The van der Waals surface area contributed by atoms with Gasteiger partial charge in [0, 0.05) is 26.2 Å². The molecule has 3 aliphatic heterocycles. The van der Waals surface area contributed by atoms with Crippen molar-refractivity contribution in [2.45, 2.75) is 31.3 Å². The summed E-state index contributed by atoms with van der Waals surface area (Å²) in [6.45, 7) is 3.62. The van der Waals surface area contributed by atoms with Crippen LogP contribution in [0.3, 0.4) is 0 Å². The standard InChI is InChI=1S/C12H20N4O2.ClH/c17-11(10-3-1-2-4-13-10)15-5-6-16-9(8-15)7-14-12(16)18;/h9-10,13H,1-8H2,(H,14,18);1H/t9?,10-;/m1./s1. The minimum absolute atomic E-state index is 0. The fourth-order valence-corrected chi connectivity index (χ4v) is 3.09. The predicted molar refractivity (Wildman–Crippen MR) is 73.4 cm³/mol. The number of hydrogen-bond donors (Lipinski definition) is 2. The van der Waals surface area contributed by atoms with Gasteiger partial charge in [0.15, 0.2) is 0 Å². The first-order chi connectivity index (χ1) is 8.75. The number of piperazine rings is 1. The zero-order valence-corrected chi connectivity index (χ0v) is 11.7. The fraction of sp³-hybridized carbons (Fsp3) is 0.833. The molecule has 3 amide bonds. The Bertz CT molecular complexity index is 360. The van der Waals surface area contributed by atoms with E-state index < -0.39 is 0 Å². The van der Waals surface area contributed by atoms with Crippen LogP contribution in [0.25, 0.3) is 0 Å². The molecule has 0 aromatic rings. The molecule has 3 aliphatic rings. The third kappa shape index (κ3) is 2.79. The normalized spacial score (nSPS) is 30.4. The summed E-state index contributed by atoms with van der Waals surface area (Å²) in [6.07, 6.45) is 3.24. The van der Waals surface area contributed by atoms with E-state index in [1.165, 1.54) is 6.42 Å². The molecule has 2 atom stereocenters. The molecule has 108 valence electrons. The lowest BCUT2D eigenvalue weighted by Gasteiger charge is -2.38. The molecular weight excluding hydrogens is 268 g/mol. The van der Waals surface area contributed by atoms with Crippen molar-refractivity contribution in [3.05, 3.63) is 0 Å². The molecule has 0 aromatic carbocycles. The van der Waals surface area contributed by atoms with Gasteiger partial charge in [-0.05, 0) is 19.4 Å². The lowest BCUT2D eigenvalue weighted by Crippen LogP contribution is -2.58. The van der Waals surface area contributed by atoms with Crippen LogP contribution in [-0.2, 0) is 4.79 Å². The Kier molecular flexibility index (Phi) is 4.52. The average Bonchev–Trinajstić information content (AvgIpc) is 2.80. The second-order valence-corrected chi connectivity index (χ2v) is 5.32. The maximum Gasteiger partial charge on any atom is 0.317 e. The molecule has 3 heterocycles. The van der Waals surface area contributed by atoms with Gasteiger partial charge in [0.1, 0.15) is 0 Å². The lowest BCUT2D eigenvalue weighted by molar-refractivity contribution is -0.136. The molecule has 0 aromatic heterocycles. The van der Waals surface area contributed by atoms with Crippen LogP contribution in [-0.4, -0.2) is 66.5 Å². The summed E-state index contributed by atoms with van der Waals surface area (Å²) in [5.74, 6) is 0.216. The lowest BCUT2D eigenvalue weighted by atomic mass is 10.0. The number of hydrogen-bond acceptors (Lipinski definition) is 3. The number of fused-ring (bicyclic) bond motifs is 1. The van der Waals surface area contributed by atoms with Gasteiger partial charge in [-0.25, -0.2) is 4.79 Å². The Balaban J connectivity index is 0.00000133. The largest absolute Gasteiger partial charge is 0.337 e. The van der Waals surface area contributed by atoms with Gasteiger partial charge >= 0.3 is 6.03 Å². The highest BCUT2D eigenvalue weighted by Crippen LogP contribution is 2.17. The highest BCUT2D eigenvalue weighted by molar-refractivity contribution is 5.85. The average molecular weight is 289 g/mol. The van der Waals surface area contributed by atoms with Crippen molar-refractivity contribution in [1.29, 1.82) is 0 Å². The SMILES string of the molecule is Cl.O=C([C@H]1CCCCN1)N1CCN2C(=O)NCC2C1. The van der Waals surface area contributed by atoms with Crippen molar-refractivity contribution in [2.24, 2.45) is 0 Å². The molecule has 3 saturated heterocycles. The first-order valence-electron chi connectivity index (χ1n) is 6.82. The fourth-order valence-electron chi connectivity index (χ4n) is 3.09. The van der Waals surface area contributed by atoms with Crippen molar-refractivity contribution in [2.75, 3.05) is 32.7 Å². The molecule has 0 spiro atoms. The molecule has 0 saturated carbocycles. The van der Waals surface area contributed by atoms with Crippen molar-refractivity contribution in [3.63, 3.8) is 0 Å². The maximum absolute atomic E-state index is 12.4. The summed E-state index contributed by atoms with van der Waals surface area (Å²) in [5, 5.41) is 6.13. The third-order valence-electron chi connectivity index (χ3n) is 4.15. The molecule has 3 fully saturated rings. The molecule has 1 unspecified atom stereocenters. The van der Waals surface area contributed by atoms with Crippen molar-refractivity contribution >= 4 is 24.3 Å². The van der Waals surface area contributed by atoms with Crippen LogP contribution in [0.1, 0.15) is 19.3 Å². The van der Waals surface area contributed by atoms with Crippen LogP contribution in [0.15, 0.2) is 0 Å². The third-order valence-corrected chi connectivity index (χ3v) is 4.15. The summed E-state index contributed by atoms with van der Waals surface area (Å²) in [4.78, 5) is 27.6. The summed E-state index contributed by atoms with van der Waals surface area (Å²) in [7, 11) is 0. The Labute approximate surface area is 119 Å². The number of rotatable bonds is 1. The van der Waals surface area contributed by atoms with E-state index in [0.717, 1.165) is 19.4 Å². The van der Waals surface area contributed by atoms with E-state index in [4.69, 9.17) is 0 Å². The number of nitrogens with zero attached hydrogens (tertiary/aromatic N) is 2. The summed E-state index contributed by atoms with van der Waals surface area (Å²) in [6, 6.07) is 0.178. The molecule has 19 heavy (non-hydrogen) atoms. The van der Waals surface area contributed by atoms with Gasteiger partial charge in [0.25, 0.3) is 0 Å². The molecule has 0 radical (unpaired) electrons. The first-order valence-corrected chi connectivity index (χ1v) is 6.82. The number of carbonyl (C=O) groups is 2. The highest BCUT2D eigenvalue weighted by atomic mass is 35.5. The van der Waals surface area contributed by atoms with Gasteiger partial charge in [-0.15, -0.1) is 12.4 Å². The first kappa shape index (κ1) is 14.4.